The zero-order valence-electron chi connectivity index (χ0n) is 8.70. The van der Waals surface area contributed by atoms with Gasteiger partial charge in [0.15, 0.2) is 0 Å². The number of H-pyrrole nitrogens is 1. The Morgan fingerprint density at radius 2 is 2.33 bits per heavy atom. The lowest BCUT2D eigenvalue weighted by molar-refractivity contribution is -0.139. The molecule has 15 heavy (non-hydrogen) atoms. The van der Waals surface area contributed by atoms with Crippen molar-refractivity contribution in [1.29, 1.82) is 0 Å². The van der Waals surface area contributed by atoms with E-state index in [1.807, 2.05) is 25.1 Å². The zero-order valence-corrected chi connectivity index (χ0v) is 8.70. The van der Waals surface area contributed by atoms with Crippen LogP contribution >= 0.6 is 0 Å². The third kappa shape index (κ3) is 1.98. The minimum absolute atomic E-state index is 0.252. The topological polar surface area (TPSA) is 55.0 Å². The van der Waals surface area contributed by atoms with Crippen molar-refractivity contribution in [3.05, 3.63) is 29.6 Å². The van der Waals surface area contributed by atoms with Gasteiger partial charge in [0, 0.05) is 11.4 Å². The number of hydrogen-bond donors (Lipinski definition) is 1. The van der Waals surface area contributed by atoms with Crippen molar-refractivity contribution in [2.24, 2.45) is 0 Å². The van der Waals surface area contributed by atoms with Crippen molar-refractivity contribution in [1.82, 2.24) is 9.97 Å². The zero-order chi connectivity index (χ0) is 10.8. The van der Waals surface area contributed by atoms with Crippen LogP contribution in [0.2, 0.25) is 0 Å². The molecule has 0 aromatic carbocycles. The quantitative estimate of drug-likeness (QED) is 0.756. The second-order valence-electron chi connectivity index (χ2n) is 3.43. The third-order valence-electron chi connectivity index (χ3n) is 2.23. The number of fused-ring (bicyclic) bond motifs is 1. The van der Waals surface area contributed by atoms with E-state index in [2.05, 4.69) is 14.7 Å². The van der Waals surface area contributed by atoms with Crippen molar-refractivity contribution in [2.75, 3.05) is 7.11 Å². The minimum atomic E-state index is -0.252. The SMILES string of the molecule is COC(=O)Cc1cc2nc(C)ccc2[nH]1. The number of nitrogens with zero attached hydrogens (tertiary/aromatic N) is 1. The molecule has 0 unspecified atom stereocenters. The van der Waals surface area contributed by atoms with Gasteiger partial charge in [0.2, 0.25) is 0 Å². The summed E-state index contributed by atoms with van der Waals surface area (Å²) in [5.74, 6) is -0.252. The number of carbonyl (C=O) groups excluding carboxylic acids is 1. The fraction of sp³-hybridized carbons (Fsp3) is 0.273. The molecule has 4 heteroatoms. The van der Waals surface area contributed by atoms with Gasteiger partial charge in [-0.15, -0.1) is 0 Å². The summed E-state index contributed by atoms with van der Waals surface area (Å²) in [6.07, 6.45) is 0.256. The van der Waals surface area contributed by atoms with Crippen LogP contribution in [0.5, 0.6) is 0 Å². The highest BCUT2D eigenvalue weighted by Gasteiger charge is 2.06. The lowest BCUT2D eigenvalue weighted by Gasteiger charge is -1.94. The Morgan fingerprint density at radius 1 is 1.53 bits per heavy atom. The summed E-state index contributed by atoms with van der Waals surface area (Å²) in [6.45, 7) is 1.94. The maximum Gasteiger partial charge on any atom is 0.311 e. The molecule has 0 fully saturated rings. The first kappa shape index (κ1) is 9.71. The number of pyridine rings is 1. The summed E-state index contributed by atoms with van der Waals surface area (Å²) >= 11 is 0. The Balaban J connectivity index is 2.34. The first-order valence-electron chi connectivity index (χ1n) is 4.71. The van der Waals surface area contributed by atoms with Crippen molar-refractivity contribution in [2.45, 2.75) is 13.3 Å². The van der Waals surface area contributed by atoms with Crippen molar-refractivity contribution in [3.8, 4) is 0 Å². The predicted molar refractivity (Wildman–Crippen MR) is 56.6 cm³/mol. The average Bonchev–Trinajstić information content (AvgIpc) is 2.59. The molecular weight excluding hydrogens is 192 g/mol. The van der Waals surface area contributed by atoms with Gasteiger partial charge in [-0.2, -0.15) is 0 Å². The molecule has 0 atom stereocenters. The summed E-state index contributed by atoms with van der Waals surface area (Å²) in [4.78, 5) is 18.5. The Bertz CT molecular complexity index is 502. The number of nitrogens with one attached hydrogen (secondary N) is 1. The molecule has 0 bridgehead atoms. The molecule has 2 aromatic heterocycles. The van der Waals surface area contributed by atoms with Crippen LogP contribution in [0.15, 0.2) is 18.2 Å². The van der Waals surface area contributed by atoms with Gasteiger partial charge in [0.05, 0.1) is 24.6 Å². The predicted octanol–water partition coefficient (Wildman–Crippen LogP) is 1.59. The molecular formula is C11H12N2O2. The summed E-state index contributed by atoms with van der Waals surface area (Å²) in [5, 5.41) is 0. The number of aromatic nitrogens is 2. The molecule has 0 saturated carbocycles. The summed E-state index contributed by atoms with van der Waals surface area (Å²) < 4.78 is 4.59. The van der Waals surface area contributed by atoms with Gasteiger partial charge < -0.3 is 9.72 Å². The summed E-state index contributed by atoms with van der Waals surface area (Å²) in [5.41, 5.74) is 3.62. The molecule has 78 valence electrons. The first-order valence-corrected chi connectivity index (χ1v) is 4.71. The highest BCUT2D eigenvalue weighted by Crippen LogP contribution is 2.14. The number of methoxy groups -OCH3 is 1. The van der Waals surface area contributed by atoms with Gasteiger partial charge in [0.1, 0.15) is 0 Å². The van der Waals surface area contributed by atoms with Crippen LogP contribution in [0.3, 0.4) is 0 Å². The maximum absolute atomic E-state index is 11.1. The van der Waals surface area contributed by atoms with E-state index < -0.39 is 0 Å². The number of ether oxygens (including phenoxy) is 1. The normalized spacial score (nSPS) is 10.5. The van der Waals surface area contributed by atoms with Crippen LogP contribution in [-0.2, 0) is 16.0 Å². The lowest BCUT2D eigenvalue weighted by Crippen LogP contribution is -2.04. The number of aromatic amines is 1. The number of rotatable bonds is 2. The molecule has 2 rings (SSSR count). The first-order chi connectivity index (χ1) is 7.19. The van der Waals surface area contributed by atoms with Crippen molar-refractivity contribution in [3.63, 3.8) is 0 Å². The molecule has 2 aromatic rings. The van der Waals surface area contributed by atoms with Crippen LogP contribution in [-0.4, -0.2) is 23.0 Å². The van der Waals surface area contributed by atoms with Gasteiger partial charge in [0.25, 0.3) is 0 Å². The van der Waals surface area contributed by atoms with E-state index in [1.165, 1.54) is 7.11 Å². The maximum atomic E-state index is 11.1. The number of carbonyl (C=O) groups is 1. The fourth-order valence-corrected chi connectivity index (χ4v) is 1.49. The van der Waals surface area contributed by atoms with Gasteiger partial charge in [-0.1, -0.05) is 0 Å². The Hall–Kier alpha value is -1.84. The van der Waals surface area contributed by atoms with Crippen LogP contribution in [0.25, 0.3) is 11.0 Å². The van der Waals surface area contributed by atoms with Crippen LogP contribution in [0.1, 0.15) is 11.4 Å². The van der Waals surface area contributed by atoms with Crippen LogP contribution < -0.4 is 0 Å². The molecule has 0 spiro atoms. The smallest absolute Gasteiger partial charge is 0.311 e. The monoisotopic (exact) mass is 204 g/mol. The minimum Gasteiger partial charge on any atom is -0.469 e. The Labute approximate surface area is 87.3 Å². The van der Waals surface area contributed by atoms with E-state index in [1.54, 1.807) is 0 Å². The largest absolute Gasteiger partial charge is 0.469 e. The van der Waals surface area contributed by atoms with E-state index >= 15 is 0 Å². The standard InChI is InChI=1S/C11H12N2O2/c1-7-3-4-9-10(12-7)5-8(13-9)6-11(14)15-2/h3-5,13H,6H2,1-2H3. The molecule has 0 aliphatic heterocycles. The van der Waals surface area contributed by atoms with E-state index in [-0.39, 0.29) is 12.4 Å². The second kappa shape index (κ2) is 3.73. The van der Waals surface area contributed by atoms with E-state index in [9.17, 15) is 4.79 Å². The van der Waals surface area contributed by atoms with Gasteiger partial charge in [-0.3, -0.25) is 9.78 Å². The average molecular weight is 204 g/mol. The van der Waals surface area contributed by atoms with Crippen LogP contribution in [0.4, 0.5) is 0 Å². The highest BCUT2D eigenvalue weighted by molar-refractivity contribution is 5.79. The van der Waals surface area contributed by atoms with Crippen LogP contribution in [0, 0.1) is 6.92 Å². The lowest BCUT2D eigenvalue weighted by atomic mass is 10.3. The second-order valence-corrected chi connectivity index (χ2v) is 3.43. The number of esters is 1. The number of hydrogen-bond acceptors (Lipinski definition) is 3. The van der Waals surface area contributed by atoms with E-state index in [0.717, 1.165) is 22.4 Å². The fourth-order valence-electron chi connectivity index (χ4n) is 1.49. The molecule has 0 radical (unpaired) electrons. The molecule has 2 heterocycles. The summed E-state index contributed by atoms with van der Waals surface area (Å²) in [7, 11) is 1.38. The molecule has 1 N–H and O–H groups in total. The molecule has 0 aliphatic rings. The Morgan fingerprint density at radius 3 is 3.07 bits per heavy atom. The van der Waals surface area contributed by atoms with Crippen molar-refractivity contribution >= 4 is 17.0 Å². The molecule has 0 saturated heterocycles. The molecule has 0 amide bonds. The van der Waals surface area contributed by atoms with Gasteiger partial charge in [-0.05, 0) is 25.1 Å². The summed E-state index contributed by atoms with van der Waals surface area (Å²) in [6, 6.07) is 5.76. The van der Waals surface area contributed by atoms with Gasteiger partial charge >= 0.3 is 5.97 Å². The number of aryl methyl sites for hydroxylation is 1. The molecule has 4 nitrogen and oxygen atoms in total. The van der Waals surface area contributed by atoms with Gasteiger partial charge in [-0.25, -0.2) is 0 Å². The van der Waals surface area contributed by atoms with E-state index in [0.29, 0.717) is 0 Å². The third-order valence-corrected chi connectivity index (χ3v) is 2.23. The van der Waals surface area contributed by atoms with Crippen molar-refractivity contribution < 1.29 is 9.53 Å². The highest BCUT2D eigenvalue weighted by atomic mass is 16.5. The molecule has 0 aliphatic carbocycles. The Kier molecular flexibility index (Phi) is 2.41. The van der Waals surface area contributed by atoms with E-state index in [4.69, 9.17) is 0 Å².